The number of nitrogens with one attached hydrogen (secondary N) is 1. The van der Waals surface area contributed by atoms with E-state index in [1.54, 1.807) is 0 Å². The van der Waals surface area contributed by atoms with Crippen molar-refractivity contribution in [3.8, 4) is 0 Å². The zero-order valence-corrected chi connectivity index (χ0v) is 16.7. The maximum Gasteiger partial charge on any atom is 0.134 e. The molecule has 1 N–H and O–H groups in total. The molecule has 6 heteroatoms. The molecular weight excluding hydrogens is 353 g/mol. The third-order valence-electron chi connectivity index (χ3n) is 5.83. The normalized spacial score (nSPS) is 18.8. The van der Waals surface area contributed by atoms with Crippen LogP contribution in [0, 0.1) is 12.7 Å². The summed E-state index contributed by atoms with van der Waals surface area (Å²) < 4.78 is 13.2. The fourth-order valence-electron chi connectivity index (χ4n) is 4.27. The highest BCUT2D eigenvalue weighted by molar-refractivity contribution is 5.53. The van der Waals surface area contributed by atoms with Gasteiger partial charge in [0.25, 0.3) is 0 Å². The predicted octanol–water partition coefficient (Wildman–Crippen LogP) is 4.39. The van der Waals surface area contributed by atoms with Gasteiger partial charge >= 0.3 is 0 Å². The number of nitrogens with zero attached hydrogens (tertiary/aromatic N) is 4. The molecule has 0 spiro atoms. The number of hydrogen-bond donors (Lipinski definition) is 1. The minimum Gasteiger partial charge on any atom is -0.368 e. The van der Waals surface area contributed by atoms with Crippen molar-refractivity contribution in [1.82, 2.24) is 9.97 Å². The molecule has 0 radical (unpaired) electrons. The minimum absolute atomic E-state index is 0.187. The van der Waals surface area contributed by atoms with Crippen molar-refractivity contribution >= 4 is 17.3 Å². The van der Waals surface area contributed by atoms with Gasteiger partial charge in [-0.3, -0.25) is 0 Å². The molecule has 2 heterocycles. The lowest BCUT2D eigenvalue weighted by atomic mass is 10.1. The average Bonchev–Trinajstić information content (AvgIpc) is 2.97. The molecule has 2 fully saturated rings. The van der Waals surface area contributed by atoms with E-state index in [4.69, 9.17) is 0 Å². The van der Waals surface area contributed by atoms with Gasteiger partial charge in [-0.15, -0.1) is 0 Å². The van der Waals surface area contributed by atoms with Crippen molar-refractivity contribution in [2.24, 2.45) is 0 Å². The quantitative estimate of drug-likeness (QED) is 0.794. The van der Waals surface area contributed by atoms with Gasteiger partial charge in [0.15, 0.2) is 0 Å². The molecule has 28 heavy (non-hydrogen) atoms. The molecule has 1 aliphatic heterocycles. The highest BCUT2D eigenvalue weighted by Crippen LogP contribution is 2.24. The predicted molar refractivity (Wildman–Crippen MR) is 113 cm³/mol. The van der Waals surface area contributed by atoms with Crippen molar-refractivity contribution in [2.75, 3.05) is 41.3 Å². The second-order valence-electron chi connectivity index (χ2n) is 7.94. The van der Waals surface area contributed by atoms with E-state index >= 15 is 0 Å². The molecule has 1 saturated carbocycles. The molecule has 0 bridgehead atoms. The van der Waals surface area contributed by atoms with Gasteiger partial charge in [0.2, 0.25) is 0 Å². The Labute approximate surface area is 167 Å². The van der Waals surface area contributed by atoms with Crippen molar-refractivity contribution in [3.63, 3.8) is 0 Å². The van der Waals surface area contributed by atoms with Crippen molar-refractivity contribution in [3.05, 3.63) is 42.0 Å². The Morgan fingerprint density at radius 1 is 0.893 bits per heavy atom. The maximum absolute atomic E-state index is 13.2. The summed E-state index contributed by atoms with van der Waals surface area (Å²) in [5.41, 5.74) is 1.08. The molecule has 0 amide bonds. The Kier molecular flexibility index (Phi) is 5.93. The van der Waals surface area contributed by atoms with Crippen LogP contribution in [-0.4, -0.2) is 42.2 Å². The molecule has 2 aromatic rings. The molecule has 4 rings (SSSR count). The first-order valence-electron chi connectivity index (χ1n) is 10.5. The number of benzene rings is 1. The summed E-state index contributed by atoms with van der Waals surface area (Å²) in [6.45, 7) is 5.57. The van der Waals surface area contributed by atoms with Gasteiger partial charge in [-0.2, -0.15) is 0 Å². The Morgan fingerprint density at radius 2 is 1.54 bits per heavy atom. The Hall–Kier alpha value is -2.37. The highest BCUT2D eigenvalue weighted by atomic mass is 19.1. The average molecular weight is 384 g/mol. The number of piperazine rings is 1. The molecule has 5 nitrogen and oxygen atoms in total. The van der Waals surface area contributed by atoms with Gasteiger partial charge in [-0.1, -0.05) is 25.7 Å². The fraction of sp³-hybridized carbons (Fsp3) is 0.545. The van der Waals surface area contributed by atoms with Gasteiger partial charge in [0.1, 0.15) is 23.3 Å². The van der Waals surface area contributed by atoms with Crippen LogP contribution in [0.3, 0.4) is 0 Å². The molecule has 0 unspecified atom stereocenters. The number of halogens is 1. The third kappa shape index (κ3) is 4.72. The molecule has 0 atom stereocenters. The van der Waals surface area contributed by atoms with Gasteiger partial charge in [-0.25, -0.2) is 14.4 Å². The van der Waals surface area contributed by atoms with Gasteiger partial charge < -0.3 is 15.1 Å². The first-order chi connectivity index (χ1) is 13.7. The van der Waals surface area contributed by atoms with Crippen LogP contribution in [0.2, 0.25) is 0 Å². The summed E-state index contributed by atoms with van der Waals surface area (Å²) in [7, 11) is 0. The van der Waals surface area contributed by atoms with E-state index in [0.717, 1.165) is 49.3 Å². The van der Waals surface area contributed by atoms with Gasteiger partial charge in [-0.05, 0) is 44.0 Å². The third-order valence-corrected chi connectivity index (χ3v) is 5.83. The Bertz CT molecular complexity index is 763. The molecule has 1 aromatic carbocycles. The number of rotatable bonds is 4. The van der Waals surface area contributed by atoms with E-state index < -0.39 is 0 Å². The van der Waals surface area contributed by atoms with Crippen LogP contribution in [0.15, 0.2) is 30.3 Å². The van der Waals surface area contributed by atoms with E-state index in [1.807, 2.05) is 19.1 Å². The number of aromatic nitrogens is 2. The van der Waals surface area contributed by atoms with E-state index in [9.17, 15) is 4.39 Å². The van der Waals surface area contributed by atoms with Gasteiger partial charge in [0, 0.05) is 44.0 Å². The van der Waals surface area contributed by atoms with Crippen LogP contribution < -0.4 is 15.1 Å². The lowest BCUT2D eigenvalue weighted by Crippen LogP contribution is -2.47. The summed E-state index contributed by atoms with van der Waals surface area (Å²) in [5.74, 6) is 2.58. The highest BCUT2D eigenvalue weighted by Gasteiger charge is 2.20. The minimum atomic E-state index is -0.187. The fourth-order valence-corrected chi connectivity index (χ4v) is 4.27. The van der Waals surface area contributed by atoms with E-state index in [-0.39, 0.29) is 5.82 Å². The molecule has 150 valence electrons. The summed E-state index contributed by atoms with van der Waals surface area (Å²) in [6, 6.07) is 9.40. The summed E-state index contributed by atoms with van der Waals surface area (Å²) in [4.78, 5) is 13.9. The van der Waals surface area contributed by atoms with Crippen molar-refractivity contribution in [1.29, 1.82) is 0 Å². The maximum atomic E-state index is 13.2. The van der Waals surface area contributed by atoms with Crippen LogP contribution in [0.25, 0.3) is 0 Å². The standard InChI is InChI=1S/C22H30FN5/c1-17-24-21(26-19-6-4-2-3-5-7-19)16-22(25-17)28-14-12-27(13-15-28)20-10-8-18(23)9-11-20/h8-11,16,19H,2-7,12-15H2,1H3,(H,24,25,26). The van der Waals surface area contributed by atoms with Crippen molar-refractivity contribution in [2.45, 2.75) is 51.5 Å². The second kappa shape index (κ2) is 8.76. The van der Waals surface area contributed by atoms with Crippen LogP contribution in [0.4, 0.5) is 21.7 Å². The van der Waals surface area contributed by atoms with Crippen LogP contribution in [0.1, 0.15) is 44.3 Å². The van der Waals surface area contributed by atoms with Crippen LogP contribution in [-0.2, 0) is 0 Å². The lowest BCUT2D eigenvalue weighted by Gasteiger charge is -2.37. The first kappa shape index (κ1) is 19.0. The largest absolute Gasteiger partial charge is 0.368 e. The second-order valence-corrected chi connectivity index (χ2v) is 7.94. The number of hydrogen-bond acceptors (Lipinski definition) is 5. The lowest BCUT2D eigenvalue weighted by molar-refractivity contribution is 0.615. The summed E-state index contributed by atoms with van der Waals surface area (Å²) >= 11 is 0. The molecule has 1 aromatic heterocycles. The Balaban J connectivity index is 1.40. The zero-order valence-electron chi connectivity index (χ0n) is 16.7. The molecule has 2 aliphatic rings. The number of aryl methyl sites for hydroxylation is 1. The first-order valence-corrected chi connectivity index (χ1v) is 10.5. The monoisotopic (exact) mass is 383 g/mol. The zero-order chi connectivity index (χ0) is 19.3. The van der Waals surface area contributed by atoms with E-state index in [2.05, 4.69) is 31.2 Å². The topological polar surface area (TPSA) is 44.3 Å². The van der Waals surface area contributed by atoms with Gasteiger partial charge in [0.05, 0.1) is 0 Å². The molecule has 1 aliphatic carbocycles. The van der Waals surface area contributed by atoms with Crippen LogP contribution in [0.5, 0.6) is 0 Å². The summed E-state index contributed by atoms with van der Waals surface area (Å²) in [6.07, 6.45) is 7.78. The SMILES string of the molecule is Cc1nc(NC2CCCCCC2)cc(N2CCN(c3ccc(F)cc3)CC2)n1. The smallest absolute Gasteiger partial charge is 0.134 e. The molecular formula is C22H30FN5. The number of anilines is 3. The molecule has 1 saturated heterocycles. The van der Waals surface area contributed by atoms with Crippen LogP contribution >= 0.6 is 0 Å². The van der Waals surface area contributed by atoms with Crippen molar-refractivity contribution < 1.29 is 4.39 Å². The van der Waals surface area contributed by atoms with E-state index in [0.29, 0.717) is 6.04 Å². The van der Waals surface area contributed by atoms with E-state index in [1.165, 1.54) is 50.7 Å². The summed E-state index contributed by atoms with van der Waals surface area (Å²) in [5, 5.41) is 3.66. The Morgan fingerprint density at radius 3 is 2.21 bits per heavy atom.